The molecule has 0 fully saturated rings. The number of carbonyl (C=O) groups is 2. The number of benzene rings is 3. The molecule has 0 radical (unpaired) electrons. The van der Waals surface area contributed by atoms with E-state index in [4.69, 9.17) is 9.84 Å². The van der Waals surface area contributed by atoms with Gasteiger partial charge in [-0.05, 0) is 98.3 Å². The predicted octanol–water partition coefficient (Wildman–Crippen LogP) is 6.97. The van der Waals surface area contributed by atoms with Gasteiger partial charge in [-0.3, -0.25) is 9.59 Å². The molecule has 3 rings (SSSR count). The summed E-state index contributed by atoms with van der Waals surface area (Å²) in [6.07, 6.45) is 1.13. The van der Waals surface area contributed by atoms with Crippen LogP contribution in [0.25, 0.3) is 5.57 Å². The lowest BCUT2D eigenvalue weighted by molar-refractivity contribution is -0.136. The van der Waals surface area contributed by atoms with E-state index in [0.29, 0.717) is 22.6 Å². The van der Waals surface area contributed by atoms with Crippen LogP contribution in [0.1, 0.15) is 60.7 Å². The maximum absolute atomic E-state index is 12.6. The molecule has 0 saturated heterocycles. The number of amides is 1. The minimum Gasteiger partial charge on any atom is -0.508 e. The third-order valence-electron chi connectivity index (χ3n) is 6.09. The number of aromatic hydroxyl groups is 1. The summed E-state index contributed by atoms with van der Waals surface area (Å²) in [6.45, 7) is 8.50. The molecule has 182 valence electrons. The Bertz CT molecular complexity index is 1260. The molecule has 6 heteroatoms. The van der Waals surface area contributed by atoms with Gasteiger partial charge < -0.3 is 20.3 Å². The zero-order valence-corrected chi connectivity index (χ0v) is 20.5. The van der Waals surface area contributed by atoms with Crippen molar-refractivity contribution in [3.05, 3.63) is 88.5 Å². The van der Waals surface area contributed by atoms with Crippen molar-refractivity contribution >= 4 is 23.1 Å². The van der Waals surface area contributed by atoms with Gasteiger partial charge in [0.2, 0.25) is 0 Å². The second kappa shape index (κ2) is 11.4. The van der Waals surface area contributed by atoms with Crippen LogP contribution in [0.3, 0.4) is 0 Å². The molecule has 0 aliphatic heterocycles. The highest BCUT2D eigenvalue weighted by Gasteiger charge is 2.11. The van der Waals surface area contributed by atoms with Crippen molar-refractivity contribution in [2.24, 2.45) is 0 Å². The van der Waals surface area contributed by atoms with Crippen LogP contribution in [0.4, 0.5) is 5.69 Å². The number of ether oxygens (including phenoxy) is 1. The van der Waals surface area contributed by atoms with Crippen LogP contribution >= 0.6 is 0 Å². The number of aryl methyl sites for hydroxylation is 2. The average Bonchev–Trinajstić information content (AvgIpc) is 2.84. The molecule has 3 aromatic carbocycles. The minimum absolute atomic E-state index is 0.0514. The molecule has 0 aromatic heterocycles. The fourth-order valence-electron chi connectivity index (χ4n) is 3.67. The summed E-state index contributed by atoms with van der Waals surface area (Å²) < 4.78 is 6.03. The van der Waals surface area contributed by atoms with Crippen LogP contribution in [0, 0.1) is 6.92 Å². The Labute approximate surface area is 205 Å². The van der Waals surface area contributed by atoms with Crippen molar-refractivity contribution in [1.29, 1.82) is 0 Å². The van der Waals surface area contributed by atoms with E-state index in [9.17, 15) is 14.7 Å². The predicted molar refractivity (Wildman–Crippen MR) is 138 cm³/mol. The Morgan fingerprint density at radius 3 is 2.26 bits per heavy atom. The third kappa shape index (κ3) is 6.73. The molecule has 0 atom stereocenters. The standard InChI is InChI=1S/C29H31NO5/c1-5-18(2)20(4)26-17-25(12-6-19(26)3)35-24-13-8-22(9-14-24)29(34)30-23-11-7-21(27(31)16-23)10-15-28(32)33/h6-9,11-14,16-17,31H,5,10,15H2,1-4H3,(H,30,34)(H,32,33)/b20-18-. The monoisotopic (exact) mass is 473 g/mol. The largest absolute Gasteiger partial charge is 0.508 e. The number of nitrogens with one attached hydrogen (secondary N) is 1. The Hall–Kier alpha value is -4.06. The SMILES string of the molecule is CC/C(C)=C(/C)c1cc(Oc2ccc(C(=O)Nc3ccc(CCC(=O)O)c(O)c3)cc2)ccc1C. The molecule has 3 aromatic rings. The van der Waals surface area contributed by atoms with E-state index in [0.717, 1.165) is 17.7 Å². The summed E-state index contributed by atoms with van der Waals surface area (Å²) in [4.78, 5) is 23.3. The molecular formula is C29H31NO5. The Kier molecular flexibility index (Phi) is 8.31. The number of phenols is 1. The van der Waals surface area contributed by atoms with Gasteiger partial charge >= 0.3 is 5.97 Å². The minimum atomic E-state index is -0.935. The van der Waals surface area contributed by atoms with Crippen LogP contribution in [-0.2, 0) is 11.2 Å². The lowest BCUT2D eigenvalue weighted by Gasteiger charge is -2.13. The summed E-state index contributed by atoms with van der Waals surface area (Å²) in [5.41, 5.74) is 6.32. The van der Waals surface area contributed by atoms with Crippen molar-refractivity contribution in [1.82, 2.24) is 0 Å². The fraction of sp³-hybridized carbons (Fsp3) is 0.241. The number of hydrogen-bond donors (Lipinski definition) is 3. The molecule has 0 aliphatic rings. The number of aliphatic carboxylic acids is 1. The summed E-state index contributed by atoms with van der Waals surface area (Å²) in [5, 5.41) is 21.6. The highest BCUT2D eigenvalue weighted by Crippen LogP contribution is 2.30. The first kappa shape index (κ1) is 25.6. The fourth-order valence-corrected chi connectivity index (χ4v) is 3.67. The molecule has 0 bridgehead atoms. The first-order valence-corrected chi connectivity index (χ1v) is 11.6. The molecule has 3 N–H and O–H groups in total. The first-order valence-electron chi connectivity index (χ1n) is 11.6. The van der Waals surface area contributed by atoms with Gasteiger partial charge in [0.05, 0.1) is 0 Å². The van der Waals surface area contributed by atoms with Crippen LogP contribution in [0.15, 0.2) is 66.2 Å². The maximum Gasteiger partial charge on any atom is 0.303 e. The number of rotatable bonds is 9. The van der Waals surface area contributed by atoms with Crippen LogP contribution in [0.5, 0.6) is 17.2 Å². The number of hydrogen-bond acceptors (Lipinski definition) is 4. The molecule has 1 amide bonds. The lowest BCUT2D eigenvalue weighted by Crippen LogP contribution is -2.11. The molecule has 35 heavy (non-hydrogen) atoms. The quantitative estimate of drug-likeness (QED) is 0.312. The van der Waals surface area contributed by atoms with Crippen molar-refractivity contribution in [3.63, 3.8) is 0 Å². The van der Waals surface area contributed by atoms with Gasteiger partial charge in [-0.15, -0.1) is 0 Å². The summed E-state index contributed by atoms with van der Waals surface area (Å²) in [7, 11) is 0. The van der Waals surface area contributed by atoms with E-state index in [1.54, 1.807) is 36.4 Å². The number of phenolic OH excluding ortho intramolecular Hbond substituents is 1. The molecule has 0 heterocycles. The van der Waals surface area contributed by atoms with Crippen LogP contribution in [-0.4, -0.2) is 22.1 Å². The normalized spacial score (nSPS) is 11.5. The Morgan fingerprint density at radius 2 is 1.63 bits per heavy atom. The van der Waals surface area contributed by atoms with E-state index >= 15 is 0 Å². The van der Waals surface area contributed by atoms with Gasteiger partial charge in [0, 0.05) is 23.7 Å². The van der Waals surface area contributed by atoms with Crippen LogP contribution < -0.4 is 10.1 Å². The van der Waals surface area contributed by atoms with Gasteiger partial charge in [0.1, 0.15) is 17.2 Å². The molecule has 0 aliphatic carbocycles. The molecule has 6 nitrogen and oxygen atoms in total. The van der Waals surface area contributed by atoms with Crippen LogP contribution in [0.2, 0.25) is 0 Å². The van der Waals surface area contributed by atoms with Gasteiger partial charge in [-0.2, -0.15) is 0 Å². The summed E-state index contributed by atoms with van der Waals surface area (Å²) in [5.74, 6) is 0.0258. The highest BCUT2D eigenvalue weighted by atomic mass is 16.5. The third-order valence-corrected chi connectivity index (χ3v) is 6.09. The number of allylic oxidation sites excluding steroid dienone is 2. The second-order valence-corrected chi connectivity index (χ2v) is 8.55. The number of carboxylic acid groups (broad SMARTS) is 1. The van der Waals surface area contributed by atoms with E-state index in [1.165, 1.54) is 22.8 Å². The van der Waals surface area contributed by atoms with E-state index in [-0.39, 0.29) is 24.5 Å². The Morgan fingerprint density at radius 1 is 0.943 bits per heavy atom. The van der Waals surface area contributed by atoms with Gasteiger partial charge in [-0.25, -0.2) is 0 Å². The van der Waals surface area contributed by atoms with Gasteiger partial charge in [0.25, 0.3) is 5.91 Å². The number of anilines is 1. The summed E-state index contributed by atoms with van der Waals surface area (Å²) >= 11 is 0. The average molecular weight is 474 g/mol. The highest BCUT2D eigenvalue weighted by molar-refractivity contribution is 6.04. The lowest BCUT2D eigenvalue weighted by atomic mass is 9.96. The maximum atomic E-state index is 12.6. The van der Waals surface area contributed by atoms with E-state index < -0.39 is 5.97 Å². The van der Waals surface area contributed by atoms with E-state index in [1.807, 2.05) is 18.2 Å². The van der Waals surface area contributed by atoms with Crippen molar-refractivity contribution in [3.8, 4) is 17.2 Å². The smallest absolute Gasteiger partial charge is 0.303 e. The first-order chi connectivity index (χ1) is 16.7. The second-order valence-electron chi connectivity index (χ2n) is 8.55. The van der Waals surface area contributed by atoms with E-state index in [2.05, 4.69) is 33.0 Å². The topological polar surface area (TPSA) is 95.9 Å². The van der Waals surface area contributed by atoms with Crippen molar-refractivity contribution < 1.29 is 24.5 Å². The molecule has 0 spiro atoms. The molecule has 0 unspecified atom stereocenters. The number of carboxylic acids is 1. The van der Waals surface area contributed by atoms with Crippen molar-refractivity contribution in [2.45, 2.75) is 47.0 Å². The molecular weight excluding hydrogens is 442 g/mol. The van der Waals surface area contributed by atoms with Gasteiger partial charge in [0.15, 0.2) is 0 Å². The van der Waals surface area contributed by atoms with Crippen molar-refractivity contribution in [2.75, 3.05) is 5.32 Å². The molecule has 0 saturated carbocycles. The zero-order valence-electron chi connectivity index (χ0n) is 20.5. The Balaban J connectivity index is 1.68. The number of carbonyl (C=O) groups excluding carboxylic acids is 1. The van der Waals surface area contributed by atoms with Gasteiger partial charge in [-0.1, -0.05) is 24.6 Å². The zero-order chi connectivity index (χ0) is 25.5. The summed E-state index contributed by atoms with van der Waals surface area (Å²) in [6, 6.07) is 17.5.